The van der Waals surface area contributed by atoms with Crippen molar-refractivity contribution >= 4 is 54.3 Å². The Morgan fingerprint density at radius 2 is 0.744 bits per heavy atom. The molecule has 9 aromatic heterocycles. The molecular formula is C103H106F5Ir2N7O7S-4. The summed E-state index contributed by atoms with van der Waals surface area (Å²) in [6, 6.07) is 86.6. The summed E-state index contributed by atoms with van der Waals surface area (Å²) in [4.78, 5) is 31.2. The van der Waals surface area contributed by atoms with Crippen LogP contribution in [-0.4, -0.2) is 77.8 Å². The monoisotopic (exact) mass is 2070 g/mol. The van der Waals surface area contributed by atoms with Crippen LogP contribution < -0.4 is 0 Å². The van der Waals surface area contributed by atoms with Crippen LogP contribution in [-0.2, 0) is 82.4 Å². The number of hydrogen-bond donors (Lipinski definition) is 3. The molecule has 0 saturated carbocycles. The number of aliphatic hydroxyl groups is 2. The van der Waals surface area contributed by atoms with Crippen LogP contribution in [0.15, 0.2) is 264 Å². The summed E-state index contributed by atoms with van der Waals surface area (Å²) >= 11 is 0. The van der Waals surface area contributed by atoms with E-state index < -0.39 is 15.6 Å². The summed E-state index contributed by atoms with van der Waals surface area (Å²) in [6.45, 7) is 25.7. The summed E-state index contributed by atoms with van der Waals surface area (Å²) in [5.74, 6) is 2.53. The number of aryl methyl sites for hydroxylation is 2. The van der Waals surface area contributed by atoms with Crippen molar-refractivity contribution < 1.29 is 94.2 Å². The van der Waals surface area contributed by atoms with Gasteiger partial charge in [-0.1, -0.05) is 191 Å². The van der Waals surface area contributed by atoms with Gasteiger partial charge in [0.15, 0.2) is 0 Å². The third kappa shape index (κ3) is 29.8. The normalized spacial score (nSPS) is 10.9. The van der Waals surface area contributed by atoms with Gasteiger partial charge in [-0.05, 0) is 186 Å². The van der Waals surface area contributed by atoms with Gasteiger partial charge in [-0.25, -0.2) is 18.7 Å². The molecule has 0 aliphatic carbocycles. The molecule has 0 unspecified atom stereocenters. The molecule has 7 aromatic carbocycles. The van der Waals surface area contributed by atoms with Crippen molar-refractivity contribution in [1.29, 1.82) is 0 Å². The predicted octanol–water partition coefficient (Wildman–Crippen LogP) is 26.0. The third-order valence-corrected chi connectivity index (χ3v) is 19.3. The molecule has 14 nitrogen and oxygen atoms in total. The molecule has 0 atom stereocenters. The van der Waals surface area contributed by atoms with E-state index in [1.807, 2.05) is 190 Å². The smallest absolute Gasteiger partial charge is 0.486 e. The Morgan fingerprint density at radius 3 is 1.10 bits per heavy atom. The summed E-state index contributed by atoms with van der Waals surface area (Å²) in [7, 11) is -3.84. The Bertz CT molecular complexity index is 5680. The van der Waals surface area contributed by atoms with Crippen molar-refractivity contribution in [3.8, 4) is 78.5 Å². The largest absolute Gasteiger partial charge is 0.522 e. The second kappa shape index (κ2) is 49.6. The molecule has 2 radical (unpaired) electrons. The van der Waals surface area contributed by atoms with Crippen molar-refractivity contribution in [2.24, 2.45) is 29.6 Å². The fourth-order valence-corrected chi connectivity index (χ4v) is 13.3. The predicted molar refractivity (Wildman–Crippen MR) is 487 cm³/mol. The van der Waals surface area contributed by atoms with E-state index in [9.17, 15) is 22.0 Å². The van der Waals surface area contributed by atoms with Crippen molar-refractivity contribution in [3.05, 3.63) is 331 Å². The van der Waals surface area contributed by atoms with Gasteiger partial charge < -0.3 is 39.0 Å². The maximum absolute atomic E-state index is 14.3. The van der Waals surface area contributed by atoms with Crippen LogP contribution in [0.5, 0.6) is 0 Å². The molecule has 0 amide bonds. The van der Waals surface area contributed by atoms with Gasteiger partial charge in [0, 0.05) is 119 Å². The van der Waals surface area contributed by atoms with E-state index >= 15 is 0 Å². The maximum Gasteiger partial charge on any atom is 0.522 e. The average molecular weight is 2070 g/mol. The van der Waals surface area contributed by atoms with Gasteiger partial charge in [-0.15, -0.1) is 124 Å². The molecule has 658 valence electrons. The van der Waals surface area contributed by atoms with Crippen molar-refractivity contribution in [3.63, 3.8) is 0 Å². The molecule has 0 bridgehead atoms. The molecule has 0 fully saturated rings. The molecule has 0 aliphatic rings. The van der Waals surface area contributed by atoms with E-state index in [1.165, 1.54) is 16.7 Å². The molecule has 0 aliphatic heterocycles. The molecule has 9 heterocycles. The minimum absolute atomic E-state index is 0. The van der Waals surface area contributed by atoms with Crippen molar-refractivity contribution in [2.45, 2.75) is 128 Å². The summed E-state index contributed by atoms with van der Waals surface area (Å²) in [5, 5.41) is 18.0. The van der Waals surface area contributed by atoms with Crippen LogP contribution in [0.4, 0.5) is 22.0 Å². The number of para-hydroxylation sites is 1. The van der Waals surface area contributed by atoms with E-state index in [0.717, 1.165) is 167 Å². The second-order valence-electron chi connectivity index (χ2n) is 31.0. The quantitative estimate of drug-likeness (QED) is 0.0335. The zero-order valence-electron chi connectivity index (χ0n) is 71.7. The van der Waals surface area contributed by atoms with Crippen LogP contribution in [0.1, 0.15) is 116 Å². The van der Waals surface area contributed by atoms with Crippen molar-refractivity contribution in [2.75, 3.05) is 14.2 Å². The second-order valence-corrected chi connectivity index (χ2v) is 32.4. The van der Waals surface area contributed by atoms with Gasteiger partial charge in [0.2, 0.25) is 11.4 Å². The number of hydrogen-bond acceptors (Lipinski definition) is 13. The number of benzene rings is 7. The van der Waals surface area contributed by atoms with Gasteiger partial charge in [0.05, 0.1) is 11.3 Å². The van der Waals surface area contributed by atoms with Gasteiger partial charge in [0.25, 0.3) is 0 Å². The molecule has 22 heteroatoms. The Kier molecular flexibility index (Phi) is 40.8. The van der Waals surface area contributed by atoms with Crippen molar-refractivity contribution in [1.82, 2.24) is 34.9 Å². The summed E-state index contributed by atoms with van der Waals surface area (Å²) < 4.78 is 98.3. The number of alkyl halides is 3. The van der Waals surface area contributed by atoms with Crippen LogP contribution in [0, 0.1) is 79.3 Å². The zero-order chi connectivity index (χ0) is 88.2. The van der Waals surface area contributed by atoms with E-state index in [4.69, 9.17) is 32.0 Å². The molecule has 3 N–H and O–H groups in total. The van der Waals surface area contributed by atoms with Crippen LogP contribution in [0.2, 0.25) is 0 Å². The number of furan rings is 2. The molecule has 0 saturated heterocycles. The first-order chi connectivity index (χ1) is 58.5. The Hall–Kier alpha value is -11.0. The van der Waals surface area contributed by atoms with Crippen LogP contribution >= 0.6 is 0 Å². The van der Waals surface area contributed by atoms with E-state index in [0.29, 0.717) is 53.9 Å². The topological polar surface area (TPSA) is 211 Å². The Labute approximate surface area is 758 Å². The molecule has 0 spiro atoms. The van der Waals surface area contributed by atoms with E-state index in [-0.39, 0.29) is 59.3 Å². The Morgan fingerprint density at radius 1 is 0.384 bits per heavy atom. The number of aliphatic hydroxyl groups excluding tert-OH is 2. The minimum Gasteiger partial charge on any atom is -0.486 e. The minimum atomic E-state index is -5.84. The average Bonchev–Trinajstić information content (AvgIpc) is 1.62. The molecule has 16 aromatic rings. The summed E-state index contributed by atoms with van der Waals surface area (Å²) in [5.41, 5.74) is 17.9. The van der Waals surface area contributed by atoms with Crippen LogP contribution in [0.25, 0.3) is 123 Å². The van der Waals surface area contributed by atoms with Gasteiger partial charge >= 0.3 is 15.6 Å². The number of aromatic nitrogens is 7. The zero-order valence-corrected chi connectivity index (χ0v) is 77.3. The number of halogens is 5. The number of nitrogens with zero attached hydrogens (tertiary/aromatic N) is 7. The number of rotatable bonds is 17. The standard InChI is InChI=1S/C27H23FN2O.C27H22FN2O.3C15H16N.CHF3O3S.2CH4O.CH4.2Ir/c2*1-16(2)13-20-14-18(8-10-24(20)28)19-11-12-29-25(15-19)23-6-4-5-21-22-9-7-17(3)30-27(22)31-26(21)23;3*1-12(2)11-13-6-8-14(9-7-13)15-5-3-4-10-16-15;2-1(3,4)8(5,6)7;2*1-2;;;/h4-12,14-16H,13H2,1-3H3;4-5,7-12,14-16H,13H2,1-3H3;3*3-8,10,12H,11H2,1-2H3;(H,5,6,7);2*2H,1H3;1H4;;/q;4*-1;;;;;;. The maximum atomic E-state index is 14.3. The number of fused-ring (bicyclic) bond motifs is 6. The first kappa shape index (κ1) is 103. The Balaban J connectivity index is 0.000000239. The van der Waals surface area contributed by atoms with Crippen LogP contribution in [0.3, 0.4) is 0 Å². The summed E-state index contributed by atoms with van der Waals surface area (Å²) in [6.07, 6.45) is 13.7. The van der Waals surface area contributed by atoms with Gasteiger partial charge in [0.1, 0.15) is 17.2 Å². The van der Waals surface area contributed by atoms with Gasteiger partial charge in [-0.2, -0.15) is 21.6 Å². The fraction of sp³-hybridized carbons (Fsp3) is 0.252. The molecule has 125 heavy (non-hydrogen) atoms. The van der Waals surface area contributed by atoms with E-state index in [1.54, 1.807) is 24.5 Å². The third-order valence-electron chi connectivity index (χ3n) is 18.7. The SMILES string of the molecule is C.CC(C)Cc1c[c-]c(-c2ccccn2)cc1.CC(C)Cc1c[c-]c(-c2ccccn2)cc1.CC(C)Cc1c[c-]c(-c2ccccn2)cc1.CO.CO.Cc1ccc2c(n1)oc1c(-c3cc(-c4ccc(F)c(CC(C)C)c4)ccn3)[c-]ccc12.Cc1ccc2c(n1)oc1c(-c3cc(-c4ccc(F)c(CC(C)C)c4)ccn3)cccc12.O=S(=O)(O)C(F)(F)F.[Ir].[Ir]. The molecular weight excluding hydrogens is 1960 g/mol. The fourth-order valence-electron chi connectivity index (χ4n) is 13.3. The first-order valence-electron chi connectivity index (χ1n) is 40.2. The number of pyridine rings is 7. The first-order valence-corrected chi connectivity index (χ1v) is 41.6. The van der Waals surface area contributed by atoms with E-state index in [2.05, 4.69) is 183 Å². The molecule has 16 rings (SSSR count). The van der Waals surface area contributed by atoms with Gasteiger partial charge in [-0.3, -0.25) is 9.54 Å².